The van der Waals surface area contributed by atoms with Gasteiger partial charge in [-0.25, -0.2) is 4.39 Å². The summed E-state index contributed by atoms with van der Waals surface area (Å²) >= 11 is 0. The molecule has 0 aliphatic carbocycles. The lowest BCUT2D eigenvalue weighted by Crippen LogP contribution is -2.42. The van der Waals surface area contributed by atoms with Crippen LogP contribution in [0.4, 0.5) is 17.6 Å². The Kier molecular flexibility index (Phi) is 6.37. The molecule has 0 unspecified atom stereocenters. The van der Waals surface area contributed by atoms with Crippen molar-refractivity contribution >= 4 is 11.8 Å². The minimum absolute atomic E-state index is 0.00135. The van der Waals surface area contributed by atoms with Crippen molar-refractivity contribution in [3.63, 3.8) is 0 Å². The molecule has 0 radical (unpaired) electrons. The molecule has 2 heterocycles. The van der Waals surface area contributed by atoms with E-state index in [1.807, 2.05) is 0 Å². The van der Waals surface area contributed by atoms with E-state index in [1.165, 1.54) is 12.1 Å². The van der Waals surface area contributed by atoms with E-state index in [1.54, 1.807) is 11.8 Å². The Morgan fingerprint density at radius 2 is 1.93 bits per heavy atom. The van der Waals surface area contributed by atoms with Crippen molar-refractivity contribution in [1.82, 2.24) is 20.4 Å². The molecule has 0 saturated carbocycles. The second-order valence-electron chi connectivity index (χ2n) is 6.94. The highest BCUT2D eigenvalue weighted by Crippen LogP contribution is 2.30. The van der Waals surface area contributed by atoms with Crippen LogP contribution in [-0.2, 0) is 22.3 Å². The van der Waals surface area contributed by atoms with E-state index in [0.29, 0.717) is 32.4 Å². The van der Waals surface area contributed by atoms with Crippen LogP contribution in [0, 0.1) is 11.7 Å². The number of hydrogen-bond acceptors (Lipinski definition) is 5. The normalized spacial score (nSPS) is 15.3. The first-order chi connectivity index (χ1) is 14.2. The predicted molar refractivity (Wildman–Crippen MR) is 96.1 cm³/mol. The van der Waals surface area contributed by atoms with Crippen LogP contribution >= 0.6 is 0 Å². The predicted octanol–water partition coefficient (Wildman–Crippen LogP) is 3.16. The quantitative estimate of drug-likeness (QED) is 0.740. The Hall–Kier alpha value is -2.98. The molecule has 1 fully saturated rings. The summed E-state index contributed by atoms with van der Waals surface area (Å²) in [5.41, 5.74) is 0.166. The summed E-state index contributed by atoms with van der Waals surface area (Å²) in [6, 6.07) is 3.65. The highest BCUT2D eigenvalue weighted by Gasteiger charge is 2.38. The molecular weight excluding hydrogens is 408 g/mol. The van der Waals surface area contributed by atoms with Gasteiger partial charge < -0.3 is 14.6 Å². The molecule has 7 nitrogen and oxygen atoms in total. The third-order valence-electron chi connectivity index (χ3n) is 4.94. The zero-order chi connectivity index (χ0) is 21.9. The molecular formula is C19H20F4N4O3. The second kappa shape index (κ2) is 8.80. The molecule has 1 aliphatic rings. The Balaban J connectivity index is 1.57. The fourth-order valence-corrected chi connectivity index (χ4v) is 3.22. The van der Waals surface area contributed by atoms with Crippen molar-refractivity contribution in [2.24, 2.45) is 5.92 Å². The van der Waals surface area contributed by atoms with Gasteiger partial charge in [0.15, 0.2) is 0 Å². The summed E-state index contributed by atoms with van der Waals surface area (Å²) in [4.78, 5) is 25.7. The summed E-state index contributed by atoms with van der Waals surface area (Å²) in [5.74, 6) is -3.12. The van der Waals surface area contributed by atoms with Gasteiger partial charge >= 0.3 is 12.1 Å². The Morgan fingerprint density at radius 3 is 2.50 bits per heavy atom. The minimum Gasteiger partial charge on any atom is -0.413 e. The molecule has 1 aliphatic heterocycles. The Labute approximate surface area is 169 Å². The van der Waals surface area contributed by atoms with Crippen molar-refractivity contribution in [1.29, 1.82) is 0 Å². The number of rotatable bonds is 5. The number of halogens is 4. The standard InChI is InChI=1S/C19H20F4N4O3/c1-2-15(28)27-7-5-11(6-8-27)16(29)24-10-13-4-3-12(9-14(13)20)17-25-26-18(30-17)19(21,22)23/h3-4,9,11H,2,5-8,10H2,1H3,(H,24,29). The number of carbonyl (C=O) groups is 2. The monoisotopic (exact) mass is 428 g/mol. The number of amides is 2. The highest BCUT2D eigenvalue weighted by atomic mass is 19.4. The van der Waals surface area contributed by atoms with Gasteiger partial charge in [0.1, 0.15) is 5.82 Å². The van der Waals surface area contributed by atoms with E-state index in [2.05, 4.69) is 19.9 Å². The maximum absolute atomic E-state index is 14.3. The molecule has 0 spiro atoms. The summed E-state index contributed by atoms with van der Waals surface area (Å²) in [7, 11) is 0. The first-order valence-corrected chi connectivity index (χ1v) is 9.44. The Morgan fingerprint density at radius 1 is 1.23 bits per heavy atom. The third kappa shape index (κ3) is 4.95. The van der Waals surface area contributed by atoms with Gasteiger partial charge in [0.05, 0.1) is 0 Å². The van der Waals surface area contributed by atoms with Gasteiger partial charge in [0.25, 0.3) is 0 Å². The van der Waals surface area contributed by atoms with Gasteiger partial charge in [0.2, 0.25) is 17.7 Å². The average molecular weight is 428 g/mol. The number of benzene rings is 1. The van der Waals surface area contributed by atoms with Crippen molar-refractivity contribution in [3.8, 4) is 11.5 Å². The van der Waals surface area contributed by atoms with Crippen LogP contribution in [0.2, 0.25) is 0 Å². The molecule has 2 amide bonds. The van der Waals surface area contributed by atoms with Gasteiger partial charge in [-0.3, -0.25) is 9.59 Å². The maximum Gasteiger partial charge on any atom is 0.470 e. The van der Waals surface area contributed by atoms with E-state index >= 15 is 0 Å². The van der Waals surface area contributed by atoms with Crippen LogP contribution in [0.3, 0.4) is 0 Å². The molecule has 1 saturated heterocycles. The molecule has 3 rings (SSSR count). The first-order valence-electron chi connectivity index (χ1n) is 9.44. The van der Waals surface area contributed by atoms with Crippen molar-refractivity contribution in [2.75, 3.05) is 13.1 Å². The van der Waals surface area contributed by atoms with E-state index in [9.17, 15) is 27.2 Å². The number of alkyl halides is 3. The zero-order valence-corrected chi connectivity index (χ0v) is 16.1. The van der Waals surface area contributed by atoms with Gasteiger partial charge in [0, 0.05) is 43.1 Å². The molecule has 1 N–H and O–H groups in total. The molecule has 1 aromatic heterocycles. The lowest BCUT2D eigenvalue weighted by Gasteiger charge is -2.31. The number of nitrogens with zero attached hydrogens (tertiary/aromatic N) is 3. The summed E-state index contributed by atoms with van der Waals surface area (Å²) < 4.78 is 56.5. The molecule has 1 aromatic carbocycles. The van der Waals surface area contributed by atoms with Crippen molar-refractivity contribution in [2.45, 2.75) is 38.9 Å². The van der Waals surface area contributed by atoms with Crippen LogP contribution in [0.15, 0.2) is 22.6 Å². The minimum atomic E-state index is -4.78. The zero-order valence-electron chi connectivity index (χ0n) is 16.1. The summed E-state index contributed by atoms with van der Waals surface area (Å²) in [6.45, 7) is 2.74. The van der Waals surface area contributed by atoms with Crippen LogP contribution in [-0.4, -0.2) is 40.0 Å². The fourth-order valence-electron chi connectivity index (χ4n) is 3.22. The SMILES string of the molecule is CCC(=O)N1CCC(C(=O)NCc2ccc(-c3nnc(C(F)(F)F)o3)cc2F)CC1. The Bertz CT molecular complexity index is 921. The molecule has 0 atom stereocenters. The van der Waals surface area contributed by atoms with Gasteiger partial charge in [-0.05, 0) is 25.0 Å². The fraction of sp³-hybridized carbons (Fsp3) is 0.474. The summed E-state index contributed by atoms with van der Waals surface area (Å²) in [6.07, 6.45) is -3.28. The number of carbonyl (C=O) groups excluding carboxylic acids is 2. The average Bonchev–Trinajstić information content (AvgIpc) is 3.23. The smallest absolute Gasteiger partial charge is 0.413 e. The van der Waals surface area contributed by atoms with Crippen LogP contribution in [0.1, 0.15) is 37.6 Å². The maximum atomic E-state index is 14.3. The number of likely N-dealkylation sites (tertiary alicyclic amines) is 1. The topological polar surface area (TPSA) is 88.3 Å². The number of aromatic nitrogens is 2. The van der Waals surface area contributed by atoms with E-state index in [-0.39, 0.29) is 35.4 Å². The van der Waals surface area contributed by atoms with Crippen molar-refractivity contribution in [3.05, 3.63) is 35.5 Å². The highest BCUT2D eigenvalue weighted by molar-refractivity contribution is 5.80. The molecule has 30 heavy (non-hydrogen) atoms. The number of nitrogens with one attached hydrogen (secondary N) is 1. The van der Waals surface area contributed by atoms with E-state index < -0.39 is 23.8 Å². The van der Waals surface area contributed by atoms with E-state index in [4.69, 9.17) is 0 Å². The molecule has 11 heteroatoms. The first kappa shape index (κ1) is 21.7. The van der Waals surface area contributed by atoms with Gasteiger partial charge in [-0.15, -0.1) is 10.2 Å². The molecule has 0 bridgehead atoms. The molecule has 2 aromatic rings. The van der Waals surface area contributed by atoms with Gasteiger partial charge in [-0.2, -0.15) is 13.2 Å². The molecule has 162 valence electrons. The number of hydrogen-bond donors (Lipinski definition) is 1. The lowest BCUT2D eigenvalue weighted by molar-refractivity contribution is -0.157. The van der Waals surface area contributed by atoms with Crippen LogP contribution in [0.5, 0.6) is 0 Å². The largest absolute Gasteiger partial charge is 0.470 e. The number of piperidine rings is 1. The van der Waals surface area contributed by atoms with Crippen molar-refractivity contribution < 1.29 is 31.6 Å². The van der Waals surface area contributed by atoms with Crippen LogP contribution < -0.4 is 5.32 Å². The second-order valence-corrected chi connectivity index (χ2v) is 6.94. The van der Waals surface area contributed by atoms with Crippen LogP contribution in [0.25, 0.3) is 11.5 Å². The lowest BCUT2D eigenvalue weighted by atomic mass is 9.95. The summed E-state index contributed by atoms with van der Waals surface area (Å²) in [5, 5.41) is 8.85. The van der Waals surface area contributed by atoms with Gasteiger partial charge in [-0.1, -0.05) is 13.0 Å². The van der Waals surface area contributed by atoms with E-state index in [0.717, 1.165) is 6.07 Å². The third-order valence-corrected chi connectivity index (χ3v) is 4.94.